The van der Waals surface area contributed by atoms with E-state index in [0.29, 0.717) is 5.41 Å². The van der Waals surface area contributed by atoms with E-state index in [1.807, 2.05) is 0 Å². The number of nitrogens with two attached hydrogens (primary N) is 1. The first-order valence-corrected chi connectivity index (χ1v) is 7.19. The Hall–Kier alpha value is 0.310. The molecule has 0 aromatic rings. The third kappa shape index (κ3) is 3.16. The maximum absolute atomic E-state index is 5.96. The van der Waals surface area contributed by atoms with Crippen molar-refractivity contribution in [2.24, 2.45) is 17.1 Å². The topological polar surface area (TPSA) is 26.0 Å². The Morgan fingerprint density at radius 3 is 2.71 bits per heavy atom. The molecule has 0 aromatic carbocycles. The Kier molecular flexibility index (Phi) is 5.32. The van der Waals surface area contributed by atoms with Crippen molar-refractivity contribution in [3.63, 3.8) is 0 Å². The van der Waals surface area contributed by atoms with Crippen LogP contribution in [0.5, 0.6) is 0 Å². The summed E-state index contributed by atoms with van der Waals surface area (Å²) in [6.07, 6.45) is 6.89. The monoisotopic (exact) mass is 215 g/mol. The van der Waals surface area contributed by atoms with E-state index in [9.17, 15) is 0 Å². The first kappa shape index (κ1) is 12.4. The van der Waals surface area contributed by atoms with Gasteiger partial charge < -0.3 is 5.73 Å². The van der Waals surface area contributed by atoms with Crippen LogP contribution >= 0.6 is 11.8 Å². The van der Waals surface area contributed by atoms with E-state index in [1.165, 1.54) is 43.6 Å². The molecule has 14 heavy (non-hydrogen) atoms. The lowest BCUT2D eigenvalue weighted by molar-refractivity contribution is 0.284. The van der Waals surface area contributed by atoms with Gasteiger partial charge in [-0.1, -0.05) is 20.3 Å². The number of rotatable bonds is 6. The molecular weight excluding hydrogens is 190 g/mol. The van der Waals surface area contributed by atoms with E-state index in [0.717, 1.165) is 12.5 Å². The molecule has 1 saturated carbocycles. The minimum Gasteiger partial charge on any atom is -0.330 e. The van der Waals surface area contributed by atoms with Gasteiger partial charge in [0.05, 0.1) is 0 Å². The zero-order valence-corrected chi connectivity index (χ0v) is 10.5. The fourth-order valence-electron chi connectivity index (χ4n) is 2.62. The predicted octanol–water partition coefficient (Wildman–Crippen LogP) is 3.28. The van der Waals surface area contributed by atoms with Crippen LogP contribution in [0.3, 0.4) is 0 Å². The Bertz CT molecular complexity index is 160. The molecule has 84 valence electrons. The van der Waals surface area contributed by atoms with Crippen molar-refractivity contribution in [3.8, 4) is 0 Å². The van der Waals surface area contributed by atoms with E-state index < -0.39 is 0 Å². The molecule has 0 saturated heterocycles. The highest BCUT2D eigenvalue weighted by Gasteiger charge is 2.36. The number of hydrogen-bond acceptors (Lipinski definition) is 2. The minimum atomic E-state index is 0.517. The van der Waals surface area contributed by atoms with Crippen LogP contribution in [-0.2, 0) is 0 Å². The van der Waals surface area contributed by atoms with Crippen LogP contribution in [0.15, 0.2) is 0 Å². The van der Waals surface area contributed by atoms with Crippen LogP contribution in [0.1, 0.15) is 46.0 Å². The second-order valence-electron chi connectivity index (χ2n) is 4.67. The van der Waals surface area contributed by atoms with Crippen molar-refractivity contribution in [1.29, 1.82) is 0 Å². The highest BCUT2D eigenvalue weighted by molar-refractivity contribution is 7.99. The molecule has 1 aliphatic rings. The second kappa shape index (κ2) is 6.02. The second-order valence-corrected chi connectivity index (χ2v) is 6.06. The SMILES string of the molecule is CCSCCC1(CN)CCC(CC)C1. The molecule has 0 aromatic heterocycles. The molecule has 1 rings (SSSR count). The summed E-state index contributed by atoms with van der Waals surface area (Å²) in [5.74, 6) is 3.52. The van der Waals surface area contributed by atoms with E-state index in [4.69, 9.17) is 5.73 Å². The Labute approximate surface area is 93.2 Å². The van der Waals surface area contributed by atoms with Gasteiger partial charge in [0.1, 0.15) is 0 Å². The Morgan fingerprint density at radius 1 is 1.43 bits per heavy atom. The number of thioether (sulfide) groups is 1. The molecule has 0 amide bonds. The summed E-state index contributed by atoms with van der Waals surface area (Å²) in [4.78, 5) is 0. The molecular formula is C12H25NS. The fourth-order valence-corrected chi connectivity index (χ4v) is 3.49. The molecule has 2 N–H and O–H groups in total. The number of hydrogen-bond donors (Lipinski definition) is 1. The lowest BCUT2D eigenvalue weighted by atomic mass is 9.82. The standard InChI is InChI=1S/C12H25NS/c1-3-11-5-6-12(9-11,10-13)7-8-14-4-2/h11H,3-10,13H2,1-2H3. The van der Waals surface area contributed by atoms with Crippen LogP contribution in [0, 0.1) is 11.3 Å². The third-order valence-corrected chi connectivity index (χ3v) is 4.70. The molecule has 2 atom stereocenters. The van der Waals surface area contributed by atoms with Gasteiger partial charge in [0.2, 0.25) is 0 Å². The normalized spacial score (nSPS) is 32.4. The molecule has 1 aliphatic carbocycles. The highest BCUT2D eigenvalue weighted by Crippen LogP contribution is 2.45. The molecule has 1 nitrogen and oxygen atoms in total. The van der Waals surface area contributed by atoms with Crippen molar-refractivity contribution in [2.75, 3.05) is 18.1 Å². The van der Waals surface area contributed by atoms with Crippen molar-refractivity contribution in [3.05, 3.63) is 0 Å². The van der Waals surface area contributed by atoms with E-state index in [1.54, 1.807) is 0 Å². The van der Waals surface area contributed by atoms with Gasteiger partial charge in [0.25, 0.3) is 0 Å². The zero-order chi connectivity index (χ0) is 10.4. The lowest BCUT2D eigenvalue weighted by Gasteiger charge is -2.27. The maximum atomic E-state index is 5.96. The average Bonchev–Trinajstić information content (AvgIpc) is 2.63. The highest BCUT2D eigenvalue weighted by atomic mass is 32.2. The summed E-state index contributed by atoms with van der Waals surface area (Å²) in [6, 6.07) is 0. The fraction of sp³-hybridized carbons (Fsp3) is 1.00. The first-order valence-electron chi connectivity index (χ1n) is 6.04. The molecule has 0 aliphatic heterocycles. The molecule has 0 radical (unpaired) electrons. The summed E-state index contributed by atoms with van der Waals surface area (Å²) in [5.41, 5.74) is 6.48. The van der Waals surface area contributed by atoms with Gasteiger partial charge in [-0.05, 0) is 55.1 Å². The van der Waals surface area contributed by atoms with Crippen molar-refractivity contribution in [1.82, 2.24) is 0 Å². The molecule has 2 unspecified atom stereocenters. The van der Waals surface area contributed by atoms with Gasteiger partial charge in [-0.25, -0.2) is 0 Å². The summed E-state index contributed by atoms with van der Waals surface area (Å²) >= 11 is 2.06. The maximum Gasteiger partial charge on any atom is -0.00201 e. The van der Waals surface area contributed by atoms with Crippen molar-refractivity contribution < 1.29 is 0 Å². The zero-order valence-electron chi connectivity index (χ0n) is 9.72. The minimum absolute atomic E-state index is 0.517. The molecule has 0 heterocycles. The lowest BCUT2D eigenvalue weighted by Crippen LogP contribution is -2.28. The van der Waals surface area contributed by atoms with Gasteiger partial charge in [-0.15, -0.1) is 0 Å². The third-order valence-electron chi connectivity index (χ3n) is 3.80. The summed E-state index contributed by atoms with van der Waals surface area (Å²) in [7, 11) is 0. The Balaban J connectivity index is 2.35. The molecule has 0 bridgehead atoms. The van der Waals surface area contributed by atoms with Crippen molar-refractivity contribution >= 4 is 11.8 Å². The van der Waals surface area contributed by atoms with Crippen LogP contribution in [0.2, 0.25) is 0 Å². The summed E-state index contributed by atoms with van der Waals surface area (Å²) in [6.45, 7) is 5.47. The summed E-state index contributed by atoms with van der Waals surface area (Å²) < 4.78 is 0. The average molecular weight is 215 g/mol. The summed E-state index contributed by atoms with van der Waals surface area (Å²) in [5, 5.41) is 0. The van der Waals surface area contributed by atoms with Gasteiger partial charge in [0.15, 0.2) is 0 Å². The van der Waals surface area contributed by atoms with Crippen LogP contribution in [0.25, 0.3) is 0 Å². The van der Waals surface area contributed by atoms with Gasteiger partial charge >= 0.3 is 0 Å². The van der Waals surface area contributed by atoms with Gasteiger partial charge in [-0.2, -0.15) is 11.8 Å². The van der Waals surface area contributed by atoms with Gasteiger partial charge in [-0.3, -0.25) is 0 Å². The van der Waals surface area contributed by atoms with Crippen LogP contribution < -0.4 is 5.73 Å². The predicted molar refractivity (Wildman–Crippen MR) is 66.7 cm³/mol. The molecule has 0 spiro atoms. The van der Waals surface area contributed by atoms with E-state index >= 15 is 0 Å². The van der Waals surface area contributed by atoms with Crippen molar-refractivity contribution in [2.45, 2.75) is 46.0 Å². The van der Waals surface area contributed by atoms with Crippen LogP contribution in [0.4, 0.5) is 0 Å². The molecule has 2 heteroatoms. The smallest absolute Gasteiger partial charge is 0.00201 e. The van der Waals surface area contributed by atoms with E-state index in [2.05, 4.69) is 25.6 Å². The first-order chi connectivity index (χ1) is 6.76. The molecule has 1 fully saturated rings. The Morgan fingerprint density at radius 2 is 2.21 bits per heavy atom. The quantitative estimate of drug-likeness (QED) is 0.688. The van der Waals surface area contributed by atoms with Crippen LogP contribution in [-0.4, -0.2) is 18.1 Å². The largest absolute Gasteiger partial charge is 0.330 e. The van der Waals surface area contributed by atoms with Gasteiger partial charge in [0, 0.05) is 0 Å². The van der Waals surface area contributed by atoms with E-state index in [-0.39, 0.29) is 0 Å².